The molecule has 132 valence electrons. The van der Waals surface area contributed by atoms with E-state index in [2.05, 4.69) is 10.1 Å². The molecule has 1 aliphatic carbocycles. The van der Waals surface area contributed by atoms with Crippen LogP contribution in [0.3, 0.4) is 0 Å². The van der Waals surface area contributed by atoms with Gasteiger partial charge in [0.1, 0.15) is 0 Å². The number of aryl methyl sites for hydroxylation is 1. The molecule has 0 aromatic carbocycles. The van der Waals surface area contributed by atoms with Crippen molar-refractivity contribution >= 4 is 34.7 Å². The van der Waals surface area contributed by atoms with Crippen molar-refractivity contribution in [2.45, 2.75) is 32.2 Å². The van der Waals surface area contributed by atoms with Gasteiger partial charge in [-0.15, -0.1) is 0 Å². The zero-order chi connectivity index (χ0) is 18.3. The zero-order valence-electron chi connectivity index (χ0n) is 14.2. The third-order valence-electron chi connectivity index (χ3n) is 4.50. The number of nitrogens with zero attached hydrogens (tertiary/aromatic N) is 4. The summed E-state index contributed by atoms with van der Waals surface area (Å²) in [6, 6.07) is 1.83. The van der Waals surface area contributed by atoms with Gasteiger partial charge in [0.05, 0.1) is 16.9 Å². The topological polar surface area (TPSA) is 80.9 Å². The summed E-state index contributed by atoms with van der Waals surface area (Å²) >= 11 is 6.16. The zero-order valence-corrected chi connectivity index (χ0v) is 14.9. The minimum atomic E-state index is -0.994. The van der Waals surface area contributed by atoms with E-state index in [0.717, 1.165) is 52.3 Å². The van der Waals surface area contributed by atoms with Crippen LogP contribution >= 0.6 is 11.6 Å². The highest BCUT2D eigenvalue weighted by Crippen LogP contribution is 2.45. The van der Waals surface area contributed by atoms with E-state index in [-0.39, 0.29) is 0 Å². The van der Waals surface area contributed by atoms with E-state index < -0.39 is 5.97 Å². The Bertz CT molecular complexity index is 1040. The maximum Gasteiger partial charge on any atom is 0.328 e. The Kier molecular flexibility index (Phi) is 4.20. The fraction of sp³-hybridized carbons (Fsp3) is 0.263. The van der Waals surface area contributed by atoms with Crippen molar-refractivity contribution in [2.24, 2.45) is 0 Å². The first kappa shape index (κ1) is 16.7. The lowest BCUT2D eigenvalue weighted by molar-refractivity contribution is -0.131. The molecule has 3 aromatic heterocycles. The van der Waals surface area contributed by atoms with E-state index in [1.54, 1.807) is 24.7 Å². The van der Waals surface area contributed by atoms with Crippen LogP contribution in [0.1, 0.15) is 36.9 Å². The van der Waals surface area contributed by atoms with Gasteiger partial charge in [-0.05, 0) is 31.9 Å². The molecule has 4 rings (SSSR count). The Morgan fingerprint density at radius 3 is 2.85 bits per heavy atom. The fourth-order valence-corrected chi connectivity index (χ4v) is 3.38. The smallest absolute Gasteiger partial charge is 0.328 e. The second kappa shape index (κ2) is 6.53. The second-order valence-electron chi connectivity index (χ2n) is 6.32. The van der Waals surface area contributed by atoms with Crippen molar-refractivity contribution in [1.82, 2.24) is 19.7 Å². The molecule has 1 saturated carbocycles. The van der Waals surface area contributed by atoms with Crippen LogP contribution in [0, 0.1) is 0 Å². The van der Waals surface area contributed by atoms with Crippen LogP contribution in [0.15, 0.2) is 30.7 Å². The molecule has 0 aliphatic heterocycles. The van der Waals surface area contributed by atoms with E-state index in [1.165, 1.54) is 0 Å². The number of halogens is 1. The number of rotatable bonds is 5. The standard InChI is InChI=1S/C19H17ClN4O2/c1-2-24-19-15(10-22-24)17(12-7-13(20)9-21-8-12)14(5-6-16(25)26)18(23-19)11-3-4-11/h5-11H,2-4H2,1H3,(H,25,26)/b6-5+. The SMILES string of the molecule is CCn1ncc2c(-c3cncc(Cl)c3)c(/C=C/C(=O)O)c(C3CC3)nc21. The number of hydrogen-bond donors (Lipinski definition) is 1. The maximum atomic E-state index is 11.1. The molecule has 3 heterocycles. The first-order chi connectivity index (χ1) is 12.6. The van der Waals surface area contributed by atoms with Crippen molar-refractivity contribution in [3.63, 3.8) is 0 Å². The van der Waals surface area contributed by atoms with E-state index in [1.807, 2.05) is 17.7 Å². The molecule has 0 saturated heterocycles. The number of aliphatic carboxylic acids is 1. The lowest BCUT2D eigenvalue weighted by Crippen LogP contribution is -2.03. The summed E-state index contributed by atoms with van der Waals surface area (Å²) in [7, 11) is 0. The largest absolute Gasteiger partial charge is 0.478 e. The molecule has 0 unspecified atom stereocenters. The van der Waals surface area contributed by atoms with E-state index in [0.29, 0.717) is 17.5 Å². The third kappa shape index (κ3) is 2.97. The van der Waals surface area contributed by atoms with Gasteiger partial charge in [0.2, 0.25) is 0 Å². The van der Waals surface area contributed by atoms with Crippen LogP contribution in [-0.4, -0.2) is 30.8 Å². The lowest BCUT2D eigenvalue weighted by Gasteiger charge is -2.13. The summed E-state index contributed by atoms with van der Waals surface area (Å²) in [6.45, 7) is 2.72. The molecule has 0 bridgehead atoms. The summed E-state index contributed by atoms with van der Waals surface area (Å²) in [6.07, 6.45) is 9.98. The Labute approximate surface area is 155 Å². The van der Waals surface area contributed by atoms with Crippen LogP contribution in [0.5, 0.6) is 0 Å². The Morgan fingerprint density at radius 1 is 1.38 bits per heavy atom. The predicted octanol–water partition coefficient (Wildman–Crippen LogP) is 4.14. The normalized spacial score (nSPS) is 14.4. The Morgan fingerprint density at radius 2 is 2.19 bits per heavy atom. The molecule has 0 radical (unpaired) electrons. The highest BCUT2D eigenvalue weighted by atomic mass is 35.5. The molecule has 26 heavy (non-hydrogen) atoms. The van der Waals surface area contributed by atoms with Gasteiger partial charge in [0.15, 0.2) is 5.65 Å². The van der Waals surface area contributed by atoms with E-state index in [4.69, 9.17) is 21.7 Å². The summed E-state index contributed by atoms with van der Waals surface area (Å²) in [4.78, 5) is 20.2. The predicted molar refractivity (Wildman–Crippen MR) is 100 cm³/mol. The second-order valence-corrected chi connectivity index (χ2v) is 6.76. The van der Waals surface area contributed by atoms with Crippen LogP contribution < -0.4 is 0 Å². The molecule has 0 atom stereocenters. The number of hydrogen-bond acceptors (Lipinski definition) is 4. The van der Waals surface area contributed by atoms with Crippen molar-refractivity contribution < 1.29 is 9.90 Å². The van der Waals surface area contributed by atoms with Crippen molar-refractivity contribution in [3.05, 3.63) is 47.0 Å². The van der Waals surface area contributed by atoms with Crippen molar-refractivity contribution in [1.29, 1.82) is 0 Å². The van der Waals surface area contributed by atoms with Gasteiger partial charge in [-0.3, -0.25) is 4.98 Å². The van der Waals surface area contributed by atoms with E-state index in [9.17, 15) is 4.79 Å². The van der Waals surface area contributed by atoms with Gasteiger partial charge in [0.25, 0.3) is 0 Å². The molecule has 1 N–H and O–H groups in total. The van der Waals surface area contributed by atoms with Gasteiger partial charge in [-0.2, -0.15) is 5.10 Å². The van der Waals surface area contributed by atoms with Gasteiger partial charge < -0.3 is 5.11 Å². The first-order valence-electron chi connectivity index (χ1n) is 8.49. The molecule has 0 amide bonds. The fourth-order valence-electron chi connectivity index (χ4n) is 3.20. The summed E-state index contributed by atoms with van der Waals surface area (Å²) in [5.74, 6) is -0.648. The number of carboxylic acid groups (broad SMARTS) is 1. The molecule has 1 aliphatic rings. The summed E-state index contributed by atoms with van der Waals surface area (Å²) in [5, 5.41) is 15.0. The summed E-state index contributed by atoms with van der Waals surface area (Å²) in [5.41, 5.74) is 4.23. The minimum absolute atomic E-state index is 0.346. The van der Waals surface area contributed by atoms with E-state index >= 15 is 0 Å². The average Bonchev–Trinajstić information content (AvgIpc) is 3.38. The first-order valence-corrected chi connectivity index (χ1v) is 8.87. The molecule has 7 heteroatoms. The number of carbonyl (C=O) groups is 1. The van der Waals surface area contributed by atoms with Gasteiger partial charge in [-0.25, -0.2) is 14.5 Å². The van der Waals surface area contributed by atoms with Crippen molar-refractivity contribution in [2.75, 3.05) is 0 Å². The highest BCUT2D eigenvalue weighted by molar-refractivity contribution is 6.30. The highest BCUT2D eigenvalue weighted by Gasteiger charge is 2.30. The van der Waals surface area contributed by atoms with Gasteiger partial charge in [-0.1, -0.05) is 11.6 Å². The van der Waals surface area contributed by atoms with Crippen LogP contribution in [0.2, 0.25) is 5.02 Å². The Hall–Kier alpha value is -2.73. The quantitative estimate of drug-likeness (QED) is 0.684. The Balaban J connectivity index is 2.08. The molecule has 1 fully saturated rings. The number of carboxylic acids is 1. The van der Waals surface area contributed by atoms with Crippen LogP contribution in [0.4, 0.5) is 0 Å². The lowest BCUT2D eigenvalue weighted by atomic mass is 9.95. The number of pyridine rings is 2. The third-order valence-corrected chi connectivity index (χ3v) is 4.71. The number of aromatic nitrogens is 4. The molecular weight excluding hydrogens is 352 g/mol. The van der Waals surface area contributed by atoms with Crippen LogP contribution in [0.25, 0.3) is 28.2 Å². The molecule has 6 nitrogen and oxygen atoms in total. The van der Waals surface area contributed by atoms with Crippen molar-refractivity contribution in [3.8, 4) is 11.1 Å². The monoisotopic (exact) mass is 368 g/mol. The maximum absolute atomic E-state index is 11.1. The molecular formula is C19H17ClN4O2. The number of fused-ring (bicyclic) bond motifs is 1. The van der Waals surface area contributed by atoms with Gasteiger partial charge in [0, 0.05) is 53.0 Å². The minimum Gasteiger partial charge on any atom is -0.478 e. The van der Waals surface area contributed by atoms with Gasteiger partial charge >= 0.3 is 5.97 Å². The molecule has 3 aromatic rings. The van der Waals surface area contributed by atoms with Crippen LogP contribution in [-0.2, 0) is 11.3 Å². The summed E-state index contributed by atoms with van der Waals surface area (Å²) < 4.78 is 1.85. The average molecular weight is 369 g/mol. The molecule has 0 spiro atoms.